The van der Waals surface area contributed by atoms with E-state index in [1.165, 1.54) is 0 Å². The van der Waals surface area contributed by atoms with Crippen LogP contribution in [0.4, 0.5) is 13.2 Å². The quantitative estimate of drug-likeness (QED) is 0.630. The van der Waals surface area contributed by atoms with Crippen LogP contribution in [0.25, 0.3) is 0 Å². The van der Waals surface area contributed by atoms with Crippen LogP contribution >= 0.6 is 0 Å². The predicted octanol–water partition coefficient (Wildman–Crippen LogP) is 2.53. The SMILES string of the molecule is CCS(=O)(=O)NCC[C@@]12CCO[C@@H]1CCN(Cc1ccc(C)o1)C2.O=C(O)C(F)(F)F. The van der Waals surface area contributed by atoms with E-state index in [2.05, 4.69) is 9.62 Å². The highest BCUT2D eigenvalue weighted by molar-refractivity contribution is 7.89. The van der Waals surface area contributed by atoms with E-state index in [1.807, 2.05) is 19.1 Å². The summed E-state index contributed by atoms with van der Waals surface area (Å²) in [6, 6.07) is 4.03. The Labute approximate surface area is 179 Å². The minimum absolute atomic E-state index is 0.0517. The fourth-order valence-corrected chi connectivity index (χ4v) is 4.60. The molecule has 2 aliphatic heterocycles. The van der Waals surface area contributed by atoms with Crippen molar-refractivity contribution in [2.75, 3.05) is 32.0 Å². The average Bonchev–Trinajstić information content (AvgIpc) is 3.27. The van der Waals surface area contributed by atoms with Gasteiger partial charge in [0.1, 0.15) is 11.5 Å². The molecular weight excluding hydrogens is 441 g/mol. The van der Waals surface area contributed by atoms with E-state index in [0.29, 0.717) is 6.54 Å². The number of nitrogens with one attached hydrogen (secondary N) is 1. The molecule has 2 N–H and O–H groups in total. The highest BCUT2D eigenvalue weighted by atomic mass is 32.2. The van der Waals surface area contributed by atoms with Crippen LogP contribution in [-0.4, -0.2) is 68.7 Å². The first kappa shape index (κ1) is 25.6. The van der Waals surface area contributed by atoms with E-state index < -0.39 is 22.2 Å². The zero-order valence-corrected chi connectivity index (χ0v) is 18.4. The number of aliphatic carboxylic acids is 1. The number of piperidine rings is 1. The Bertz CT molecular complexity index is 842. The standard InChI is InChI=1S/C17H28N2O4S.C2HF3O2/c1-3-24(20,21)18-9-7-17-8-11-22-16(17)6-10-19(13-17)12-15-5-4-14(2)23-15;3-2(4,5)1(6)7/h4-5,16,18H,3,6-13H2,1-2H3;(H,6,7)/t16-,17+;/m1./s1. The molecule has 0 unspecified atom stereocenters. The van der Waals surface area contributed by atoms with Gasteiger partial charge in [-0.25, -0.2) is 17.9 Å². The van der Waals surface area contributed by atoms with Gasteiger partial charge in [-0.15, -0.1) is 0 Å². The van der Waals surface area contributed by atoms with Crippen LogP contribution in [-0.2, 0) is 26.1 Å². The van der Waals surface area contributed by atoms with Crippen molar-refractivity contribution in [2.45, 2.75) is 51.9 Å². The van der Waals surface area contributed by atoms with Crippen LogP contribution in [0.15, 0.2) is 16.5 Å². The van der Waals surface area contributed by atoms with E-state index in [1.54, 1.807) is 6.92 Å². The summed E-state index contributed by atoms with van der Waals surface area (Å²) < 4.78 is 69.4. The van der Waals surface area contributed by atoms with Crippen molar-refractivity contribution < 1.29 is 40.6 Å². The third-order valence-electron chi connectivity index (χ3n) is 5.59. The summed E-state index contributed by atoms with van der Waals surface area (Å²) in [6.45, 7) is 7.63. The van der Waals surface area contributed by atoms with Crippen LogP contribution in [0.5, 0.6) is 0 Å². The molecule has 178 valence electrons. The van der Waals surface area contributed by atoms with Gasteiger partial charge in [-0.1, -0.05) is 0 Å². The number of hydrogen-bond acceptors (Lipinski definition) is 6. The van der Waals surface area contributed by atoms with Crippen molar-refractivity contribution >= 4 is 16.0 Å². The number of alkyl halides is 3. The molecule has 12 heteroatoms. The summed E-state index contributed by atoms with van der Waals surface area (Å²) in [6.07, 6.45) is -2.01. The number of carboxylic acid groups (broad SMARTS) is 1. The number of halogens is 3. The summed E-state index contributed by atoms with van der Waals surface area (Å²) >= 11 is 0. The third kappa shape index (κ3) is 7.48. The summed E-state index contributed by atoms with van der Waals surface area (Å²) in [5, 5.41) is 7.12. The summed E-state index contributed by atoms with van der Waals surface area (Å²) in [7, 11) is -3.13. The molecule has 0 spiro atoms. The van der Waals surface area contributed by atoms with E-state index >= 15 is 0 Å². The van der Waals surface area contributed by atoms with Crippen LogP contribution in [0.1, 0.15) is 37.7 Å². The normalized spacial score (nSPS) is 24.4. The van der Waals surface area contributed by atoms with Gasteiger partial charge in [0, 0.05) is 31.7 Å². The first-order valence-corrected chi connectivity index (χ1v) is 11.7. The zero-order valence-electron chi connectivity index (χ0n) is 17.6. The number of rotatable bonds is 7. The van der Waals surface area contributed by atoms with Crippen molar-refractivity contribution in [3.8, 4) is 0 Å². The van der Waals surface area contributed by atoms with E-state index in [0.717, 1.165) is 57.0 Å². The molecular formula is C19H29F3N2O6S. The number of furan rings is 1. The molecule has 3 heterocycles. The maximum absolute atomic E-state index is 11.7. The number of aryl methyl sites for hydroxylation is 1. The van der Waals surface area contributed by atoms with Crippen molar-refractivity contribution in [2.24, 2.45) is 5.41 Å². The van der Waals surface area contributed by atoms with E-state index in [-0.39, 0.29) is 17.3 Å². The number of fused-ring (bicyclic) bond motifs is 1. The average molecular weight is 471 g/mol. The van der Waals surface area contributed by atoms with Crippen LogP contribution < -0.4 is 4.72 Å². The zero-order chi connectivity index (χ0) is 23.3. The fourth-order valence-electron chi connectivity index (χ4n) is 3.98. The highest BCUT2D eigenvalue weighted by Crippen LogP contribution is 2.43. The Morgan fingerprint density at radius 3 is 2.61 bits per heavy atom. The van der Waals surface area contributed by atoms with Gasteiger partial charge in [0.05, 0.1) is 18.4 Å². The molecule has 1 aromatic heterocycles. The molecule has 0 amide bonds. The lowest BCUT2D eigenvalue weighted by molar-refractivity contribution is -0.192. The monoisotopic (exact) mass is 470 g/mol. The maximum atomic E-state index is 11.7. The lowest BCUT2D eigenvalue weighted by atomic mass is 9.74. The van der Waals surface area contributed by atoms with Crippen LogP contribution in [0.2, 0.25) is 0 Å². The molecule has 0 radical (unpaired) electrons. The largest absolute Gasteiger partial charge is 0.490 e. The van der Waals surface area contributed by atoms with Crippen molar-refractivity contribution in [3.63, 3.8) is 0 Å². The highest BCUT2D eigenvalue weighted by Gasteiger charge is 2.47. The number of hydrogen-bond donors (Lipinski definition) is 2. The lowest BCUT2D eigenvalue weighted by Gasteiger charge is -2.43. The topological polar surface area (TPSA) is 109 Å². The van der Waals surface area contributed by atoms with Crippen molar-refractivity contribution in [1.29, 1.82) is 0 Å². The van der Waals surface area contributed by atoms with Gasteiger partial charge in [-0.2, -0.15) is 13.2 Å². The molecule has 8 nitrogen and oxygen atoms in total. The number of nitrogens with zero attached hydrogens (tertiary/aromatic N) is 1. The number of carboxylic acids is 1. The molecule has 2 saturated heterocycles. The minimum Gasteiger partial charge on any atom is -0.475 e. The second-order valence-corrected chi connectivity index (χ2v) is 9.93. The smallest absolute Gasteiger partial charge is 0.475 e. The third-order valence-corrected chi connectivity index (χ3v) is 6.99. The maximum Gasteiger partial charge on any atom is 0.490 e. The summed E-state index contributed by atoms with van der Waals surface area (Å²) in [5.41, 5.74) is 0.0517. The van der Waals surface area contributed by atoms with Gasteiger partial charge < -0.3 is 14.3 Å². The molecule has 2 aliphatic rings. The second kappa shape index (κ2) is 10.3. The Morgan fingerprint density at radius 1 is 1.39 bits per heavy atom. The van der Waals surface area contributed by atoms with Crippen molar-refractivity contribution in [1.82, 2.24) is 9.62 Å². The molecule has 2 atom stereocenters. The molecule has 3 rings (SSSR count). The van der Waals surface area contributed by atoms with E-state index in [9.17, 15) is 21.6 Å². The van der Waals surface area contributed by atoms with Gasteiger partial charge >= 0.3 is 12.1 Å². The molecule has 2 fully saturated rings. The van der Waals surface area contributed by atoms with Crippen LogP contribution in [0, 0.1) is 12.3 Å². The first-order chi connectivity index (χ1) is 14.4. The van der Waals surface area contributed by atoms with Crippen LogP contribution in [0.3, 0.4) is 0 Å². The van der Waals surface area contributed by atoms with Gasteiger partial charge in [-0.3, -0.25) is 4.90 Å². The minimum atomic E-state index is -5.08. The molecule has 0 aliphatic carbocycles. The Kier molecular flexibility index (Phi) is 8.54. The Balaban J connectivity index is 0.000000423. The van der Waals surface area contributed by atoms with Gasteiger partial charge in [-0.05, 0) is 45.2 Å². The molecule has 1 aromatic rings. The predicted molar refractivity (Wildman–Crippen MR) is 106 cm³/mol. The van der Waals surface area contributed by atoms with Gasteiger partial charge in [0.2, 0.25) is 10.0 Å². The molecule has 0 aromatic carbocycles. The Morgan fingerprint density at radius 2 is 2.06 bits per heavy atom. The van der Waals surface area contributed by atoms with Crippen molar-refractivity contribution in [3.05, 3.63) is 23.7 Å². The molecule has 0 saturated carbocycles. The lowest BCUT2D eigenvalue weighted by Crippen LogP contribution is -2.50. The summed E-state index contributed by atoms with van der Waals surface area (Å²) in [4.78, 5) is 11.3. The fraction of sp³-hybridized carbons (Fsp3) is 0.737. The summed E-state index contributed by atoms with van der Waals surface area (Å²) in [5.74, 6) is -0.698. The number of carbonyl (C=O) groups is 1. The molecule has 31 heavy (non-hydrogen) atoms. The Hall–Kier alpha value is -1.63. The van der Waals surface area contributed by atoms with Gasteiger partial charge in [0.25, 0.3) is 0 Å². The first-order valence-electron chi connectivity index (χ1n) is 10.0. The number of sulfonamides is 1. The van der Waals surface area contributed by atoms with E-state index in [4.69, 9.17) is 19.1 Å². The van der Waals surface area contributed by atoms with Gasteiger partial charge in [0.15, 0.2) is 0 Å². The second-order valence-electron chi connectivity index (χ2n) is 7.83. The molecule has 0 bridgehead atoms. The number of likely N-dealkylation sites (tertiary alicyclic amines) is 1. The number of ether oxygens (including phenoxy) is 1.